The first-order valence-electron chi connectivity index (χ1n) is 41.0. The third-order valence-electron chi connectivity index (χ3n) is 18.8. The Hall–Kier alpha value is -1.94. The summed E-state index contributed by atoms with van der Waals surface area (Å²) in [6.45, 7) is 9.64. The highest BCUT2D eigenvalue weighted by Crippen LogP contribution is 2.45. The number of phosphoric acid groups is 2. The van der Waals surface area contributed by atoms with Crippen LogP contribution in [0.3, 0.4) is 0 Å². The van der Waals surface area contributed by atoms with Crippen molar-refractivity contribution >= 4 is 39.5 Å². The number of esters is 4. The fourth-order valence-electron chi connectivity index (χ4n) is 12.2. The van der Waals surface area contributed by atoms with E-state index in [4.69, 9.17) is 37.0 Å². The number of aliphatic hydroxyl groups excluding tert-OH is 1. The number of aliphatic hydroxyl groups is 1. The van der Waals surface area contributed by atoms with E-state index in [1.807, 2.05) is 0 Å². The van der Waals surface area contributed by atoms with E-state index >= 15 is 0 Å². The monoisotopic (exact) mass is 1440 g/mol. The Morgan fingerprint density at radius 3 is 0.776 bits per heavy atom. The third-order valence-corrected chi connectivity index (χ3v) is 20.7. The average Bonchev–Trinajstić information content (AvgIpc) is 2.53. The van der Waals surface area contributed by atoms with E-state index in [9.17, 15) is 43.2 Å². The molecule has 0 aromatic rings. The topological polar surface area (TPSA) is 237 Å². The molecule has 6 atom stereocenters. The molecular weight excluding hydrogens is 1280 g/mol. The Morgan fingerprint density at radius 1 is 0.296 bits per heavy atom. The standard InChI is InChI=1S/C79H154O17P2/c1-7-10-12-14-16-18-20-21-22-23-24-25-30-34-38-45-51-57-63-78(83)95-74(67-90-77(82)62-56-50-44-37-33-29-27-26-28-32-35-41-47-53-59-71(4)5)69-93-97(85,86)91-65-73(80)66-92-98(87,88)94-70-75(68-89-76(81)61-55-49-43-36-31-19-17-15-13-11-8-2)96-79(84)64-58-52-46-40-39-42-48-54-60-72(6)9-3/h71-75,80H,7-70H2,1-6H3,(H,85,86)(H,87,88)/t72?,73-,74-,75-/m1/s1. The van der Waals surface area contributed by atoms with Crippen LogP contribution in [0.2, 0.25) is 0 Å². The SMILES string of the molecule is CCCCCCCCCCCCCCCCCCCCC(=O)O[C@H](COC(=O)CCCCCCCCCCCCCCCCC(C)C)COP(=O)(O)OC[C@@H](O)COP(=O)(O)OC[C@@H](COC(=O)CCCCCCCCCCCCC)OC(=O)CCCCCCCCCCC(C)CC. The van der Waals surface area contributed by atoms with Crippen molar-refractivity contribution < 1.29 is 80.2 Å². The summed E-state index contributed by atoms with van der Waals surface area (Å²) < 4.78 is 68.6. The molecule has 0 aromatic carbocycles. The minimum atomic E-state index is -4.96. The first-order chi connectivity index (χ1) is 47.4. The minimum absolute atomic E-state index is 0.105. The number of ether oxygens (including phenoxy) is 4. The summed E-state index contributed by atoms with van der Waals surface area (Å²) in [5.74, 6) is -0.542. The van der Waals surface area contributed by atoms with Gasteiger partial charge in [0.15, 0.2) is 12.2 Å². The van der Waals surface area contributed by atoms with Crippen LogP contribution in [0.1, 0.15) is 414 Å². The molecule has 0 aromatic heterocycles. The van der Waals surface area contributed by atoms with E-state index in [2.05, 4.69) is 41.5 Å². The maximum Gasteiger partial charge on any atom is 0.472 e. The van der Waals surface area contributed by atoms with Crippen LogP contribution in [0.15, 0.2) is 0 Å². The van der Waals surface area contributed by atoms with Crippen molar-refractivity contribution in [1.82, 2.24) is 0 Å². The Balaban J connectivity index is 5.25. The molecule has 0 spiro atoms. The van der Waals surface area contributed by atoms with Crippen LogP contribution in [0.25, 0.3) is 0 Å². The van der Waals surface area contributed by atoms with Gasteiger partial charge in [-0.05, 0) is 37.5 Å². The van der Waals surface area contributed by atoms with Crippen LogP contribution in [-0.4, -0.2) is 96.7 Å². The molecule has 19 heteroatoms. The highest BCUT2D eigenvalue weighted by atomic mass is 31.2. The van der Waals surface area contributed by atoms with Gasteiger partial charge in [-0.15, -0.1) is 0 Å². The molecule has 0 fully saturated rings. The fourth-order valence-corrected chi connectivity index (χ4v) is 13.7. The summed E-state index contributed by atoms with van der Waals surface area (Å²) in [6, 6.07) is 0. The highest BCUT2D eigenvalue weighted by Gasteiger charge is 2.30. The molecule has 0 amide bonds. The Bertz CT molecular complexity index is 1890. The molecule has 582 valence electrons. The van der Waals surface area contributed by atoms with Crippen LogP contribution in [0.4, 0.5) is 0 Å². The Kier molecular flexibility index (Phi) is 69.3. The zero-order chi connectivity index (χ0) is 72.1. The molecule has 3 N–H and O–H groups in total. The van der Waals surface area contributed by atoms with Crippen LogP contribution >= 0.6 is 15.6 Å². The molecule has 0 rings (SSSR count). The predicted octanol–water partition coefficient (Wildman–Crippen LogP) is 23.5. The number of unbranched alkanes of at least 4 members (excludes halogenated alkanes) is 47. The highest BCUT2D eigenvalue weighted by molar-refractivity contribution is 7.47. The minimum Gasteiger partial charge on any atom is -0.462 e. The largest absolute Gasteiger partial charge is 0.472 e. The summed E-state index contributed by atoms with van der Waals surface area (Å²) in [6.07, 6.45) is 59.5. The zero-order valence-electron chi connectivity index (χ0n) is 64.1. The van der Waals surface area contributed by atoms with Crippen molar-refractivity contribution in [2.75, 3.05) is 39.6 Å². The van der Waals surface area contributed by atoms with Crippen LogP contribution in [0, 0.1) is 11.8 Å². The van der Waals surface area contributed by atoms with E-state index in [0.717, 1.165) is 102 Å². The summed E-state index contributed by atoms with van der Waals surface area (Å²) in [4.78, 5) is 72.9. The van der Waals surface area contributed by atoms with E-state index in [1.165, 1.54) is 231 Å². The maximum absolute atomic E-state index is 13.1. The van der Waals surface area contributed by atoms with Gasteiger partial charge in [-0.3, -0.25) is 37.3 Å². The van der Waals surface area contributed by atoms with Crippen molar-refractivity contribution in [2.24, 2.45) is 11.8 Å². The molecule has 17 nitrogen and oxygen atoms in total. The quantitative estimate of drug-likeness (QED) is 0.0222. The lowest BCUT2D eigenvalue weighted by Crippen LogP contribution is -2.30. The molecule has 0 aliphatic rings. The predicted molar refractivity (Wildman–Crippen MR) is 400 cm³/mol. The van der Waals surface area contributed by atoms with Gasteiger partial charge < -0.3 is 33.8 Å². The first-order valence-corrected chi connectivity index (χ1v) is 44.0. The van der Waals surface area contributed by atoms with Gasteiger partial charge in [0.05, 0.1) is 26.4 Å². The molecule has 0 aliphatic heterocycles. The molecule has 0 aliphatic carbocycles. The number of carbonyl (C=O) groups is 4. The zero-order valence-corrected chi connectivity index (χ0v) is 65.9. The number of carbonyl (C=O) groups excluding carboxylic acids is 4. The van der Waals surface area contributed by atoms with Gasteiger partial charge in [0.25, 0.3) is 0 Å². The first kappa shape index (κ1) is 96.1. The lowest BCUT2D eigenvalue weighted by molar-refractivity contribution is -0.161. The van der Waals surface area contributed by atoms with Crippen LogP contribution in [0.5, 0.6) is 0 Å². The second-order valence-electron chi connectivity index (χ2n) is 29.2. The lowest BCUT2D eigenvalue weighted by atomic mass is 9.99. The van der Waals surface area contributed by atoms with Gasteiger partial charge >= 0.3 is 39.5 Å². The molecule has 0 bridgehead atoms. The van der Waals surface area contributed by atoms with Gasteiger partial charge in [-0.25, -0.2) is 9.13 Å². The molecule has 0 heterocycles. The number of rotatable bonds is 78. The van der Waals surface area contributed by atoms with E-state index < -0.39 is 97.5 Å². The summed E-state index contributed by atoms with van der Waals surface area (Å²) in [5.41, 5.74) is 0. The normalized spacial score (nSPS) is 14.2. The van der Waals surface area contributed by atoms with Crippen LogP contribution in [-0.2, 0) is 65.4 Å². The van der Waals surface area contributed by atoms with E-state index in [1.54, 1.807) is 0 Å². The third kappa shape index (κ3) is 71.1. The Morgan fingerprint density at radius 2 is 0.520 bits per heavy atom. The molecule has 0 radical (unpaired) electrons. The lowest BCUT2D eigenvalue weighted by Gasteiger charge is -2.21. The van der Waals surface area contributed by atoms with Crippen molar-refractivity contribution in [3.63, 3.8) is 0 Å². The number of hydrogen-bond acceptors (Lipinski definition) is 15. The van der Waals surface area contributed by atoms with Gasteiger partial charge in [0, 0.05) is 25.7 Å². The number of phosphoric ester groups is 2. The Labute approximate surface area is 600 Å². The molecular formula is C79H154O17P2. The molecule has 3 unspecified atom stereocenters. The van der Waals surface area contributed by atoms with E-state index in [0.29, 0.717) is 25.7 Å². The summed E-state index contributed by atoms with van der Waals surface area (Å²) >= 11 is 0. The maximum atomic E-state index is 13.1. The smallest absolute Gasteiger partial charge is 0.462 e. The van der Waals surface area contributed by atoms with Crippen molar-refractivity contribution in [1.29, 1.82) is 0 Å². The van der Waals surface area contributed by atoms with Crippen molar-refractivity contribution in [2.45, 2.75) is 432 Å². The molecule has 0 saturated carbocycles. The second kappa shape index (κ2) is 70.7. The molecule has 0 saturated heterocycles. The van der Waals surface area contributed by atoms with Crippen molar-refractivity contribution in [3.8, 4) is 0 Å². The van der Waals surface area contributed by atoms with Crippen molar-refractivity contribution in [3.05, 3.63) is 0 Å². The molecule has 98 heavy (non-hydrogen) atoms. The van der Waals surface area contributed by atoms with Gasteiger partial charge in [-0.2, -0.15) is 0 Å². The summed E-state index contributed by atoms with van der Waals surface area (Å²) in [5, 5.41) is 10.6. The number of hydrogen-bond donors (Lipinski definition) is 3. The fraction of sp³-hybridized carbons (Fsp3) is 0.949. The second-order valence-corrected chi connectivity index (χ2v) is 32.1. The summed E-state index contributed by atoms with van der Waals surface area (Å²) in [7, 11) is -9.92. The van der Waals surface area contributed by atoms with Gasteiger partial charge in [0.2, 0.25) is 0 Å². The van der Waals surface area contributed by atoms with E-state index in [-0.39, 0.29) is 25.7 Å². The van der Waals surface area contributed by atoms with Gasteiger partial charge in [-0.1, -0.05) is 363 Å². The van der Waals surface area contributed by atoms with Gasteiger partial charge in [0.1, 0.15) is 19.3 Å². The average molecular weight is 1440 g/mol. The van der Waals surface area contributed by atoms with Crippen LogP contribution < -0.4 is 0 Å².